The number of carbonyl (C=O) groups excluding carboxylic acids is 1. The van der Waals surface area contributed by atoms with Crippen molar-refractivity contribution in [1.29, 1.82) is 0 Å². The molecule has 1 saturated heterocycles. The van der Waals surface area contributed by atoms with E-state index < -0.39 is 11.8 Å². The van der Waals surface area contributed by atoms with E-state index in [1.54, 1.807) is 6.07 Å². The highest BCUT2D eigenvalue weighted by atomic mass is 19.1. The summed E-state index contributed by atoms with van der Waals surface area (Å²) < 4.78 is 24.3. The molecule has 1 saturated carbocycles. The second kappa shape index (κ2) is 5.40. The van der Waals surface area contributed by atoms with Gasteiger partial charge in [0.05, 0.1) is 19.3 Å². The number of rotatable bonds is 5. The van der Waals surface area contributed by atoms with Crippen LogP contribution in [-0.4, -0.2) is 32.8 Å². The maximum atomic E-state index is 14.0. The number of methoxy groups -OCH3 is 1. The zero-order chi connectivity index (χ0) is 14.1. The number of halogens is 1. The first-order chi connectivity index (χ1) is 9.69. The van der Waals surface area contributed by atoms with Gasteiger partial charge in [-0.05, 0) is 30.4 Å². The Morgan fingerprint density at radius 3 is 2.70 bits per heavy atom. The normalized spacial score (nSPS) is 18.5. The van der Waals surface area contributed by atoms with E-state index in [-0.39, 0.29) is 5.56 Å². The first-order valence-electron chi connectivity index (χ1n) is 6.94. The van der Waals surface area contributed by atoms with E-state index in [4.69, 9.17) is 4.74 Å². The third-order valence-corrected chi connectivity index (χ3v) is 3.86. The molecule has 108 valence electrons. The fourth-order valence-electron chi connectivity index (χ4n) is 2.35. The van der Waals surface area contributed by atoms with Gasteiger partial charge >= 0.3 is 5.97 Å². The number of hydrogen-bond donors (Lipinski definition) is 1. The minimum Gasteiger partial charge on any atom is -0.493 e. The van der Waals surface area contributed by atoms with Crippen molar-refractivity contribution in [3.05, 3.63) is 29.1 Å². The molecule has 0 unspecified atom stereocenters. The second-order valence-corrected chi connectivity index (χ2v) is 5.47. The fourth-order valence-corrected chi connectivity index (χ4v) is 2.35. The van der Waals surface area contributed by atoms with E-state index >= 15 is 0 Å². The van der Waals surface area contributed by atoms with Gasteiger partial charge in [-0.2, -0.15) is 0 Å². The first-order valence-corrected chi connectivity index (χ1v) is 6.94. The zero-order valence-corrected chi connectivity index (χ0v) is 11.4. The average molecular weight is 279 g/mol. The maximum absolute atomic E-state index is 14.0. The number of nitrogens with one attached hydrogen (secondary N) is 1. The number of esters is 1. The maximum Gasteiger partial charge on any atom is 0.340 e. The monoisotopic (exact) mass is 279 g/mol. The predicted molar refractivity (Wildman–Crippen MR) is 71.6 cm³/mol. The summed E-state index contributed by atoms with van der Waals surface area (Å²) in [7, 11) is 1.26. The molecule has 0 bridgehead atoms. The molecule has 1 heterocycles. The Labute approximate surface area is 117 Å². The number of ether oxygens (including phenoxy) is 2. The molecule has 0 spiro atoms. The van der Waals surface area contributed by atoms with Gasteiger partial charge in [0, 0.05) is 25.1 Å². The van der Waals surface area contributed by atoms with Crippen LogP contribution < -0.4 is 10.1 Å². The molecule has 3 rings (SSSR count). The number of hydrogen-bond acceptors (Lipinski definition) is 4. The van der Waals surface area contributed by atoms with Crippen molar-refractivity contribution in [2.24, 2.45) is 5.92 Å². The summed E-state index contributed by atoms with van der Waals surface area (Å²) in [5.74, 6) is 0.227. The predicted octanol–water partition coefficient (Wildman–Crippen LogP) is 2.09. The van der Waals surface area contributed by atoms with Crippen LogP contribution in [0.25, 0.3) is 0 Å². The molecule has 0 aromatic heterocycles. The van der Waals surface area contributed by atoms with Crippen molar-refractivity contribution in [2.45, 2.75) is 18.8 Å². The standard InChI is InChI=1S/C15H18FNO3/c1-19-15(18)12-4-11(10-2-3-10)14(5-13(12)16)20-8-9-6-17-7-9/h4-5,9-10,17H,2-3,6-8H2,1H3. The van der Waals surface area contributed by atoms with Crippen molar-refractivity contribution in [3.63, 3.8) is 0 Å². The third kappa shape index (κ3) is 2.63. The molecule has 2 fully saturated rings. The van der Waals surface area contributed by atoms with Gasteiger partial charge in [0.2, 0.25) is 0 Å². The summed E-state index contributed by atoms with van der Waals surface area (Å²) in [6.07, 6.45) is 2.13. The highest BCUT2D eigenvalue weighted by Crippen LogP contribution is 2.45. The minimum atomic E-state index is -0.640. The lowest BCUT2D eigenvalue weighted by Gasteiger charge is -2.27. The molecule has 1 aliphatic heterocycles. The van der Waals surface area contributed by atoms with Crippen LogP contribution in [0.5, 0.6) is 5.75 Å². The summed E-state index contributed by atoms with van der Waals surface area (Å²) in [6.45, 7) is 2.48. The SMILES string of the molecule is COC(=O)c1cc(C2CC2)c(OCC2CNC2)cc1F. The highest BCUT2D eigenvalue weighted by molar-refractivity contribution is 5.90. The molecule has 0 amide bonds. The topological polar surface area (TPSA) is 47.6 Å². The van der Waals surface area contributed by atoms with Crippen LogP contribution in [-0.2, 0) is 4.74 Å². The summed E-state index contributed by atoms with van der Waals surface area (Å²) in [5, 5.41) is 3.17. The third-order valence-electron chi connectivity index (χ3n) is 3.86. The summed E-state index contributed by atoms with van der Waals surface area (Å²) in [6, 6.07) is 2.92. The molecule has 4 nitrogen and oxygen atoms in total. The van der Waals surface area contributed by atoms with E-state index in [1.165, 1.54) is 13.2 Å². The molecule has 1 N–H and O–H groups in total. The Kier molecular flexibility index (Phi) is 3.61. The smallest absolute Gasteiger partial charge is 0.340 e. The van der Waals surface area contributed by atoms with Crippen LogP contribution in [0.3, 0.4) is 0 Å². The Hall–Kier alpha value is -1.62. The van der Waals surface area contributed by atoms with Gasteiger partial charge in [-0.3, -0.25) is 0 Å². The van der Waals surface area contributed by atoms with Crippen LogP contribution in [0, 0.1) is 11.7 Å². The van der Waals surface area contributed by atoms with Gasteiger partial charge in [-0.15, -0.1) is 0 Å². The molecule has 1 aromatic rings. The van der Waals surface area contributed by atoms with Crippen LogP contribution in [0.4, 0.5) is 4.39 Å². The van der Waals surface area contributed by atoms with E-state index in [1.807, 2.05) is 0 Å². The summed E-state index contributed by atoms with van der Waals surface area (Å²) >= 11 is 0. The molecular weight excluding hydrogens is 261 g/mol. The molecule has 1 aromatic carbocycles. The lowest BCUT2D eigenvalue weighted by atomic mass is 10.0. The molecule has 2 aliphatic rings. The van der Waals surface area contributed by atoms with Gasteiger partial charge in [0.25, 0.3) is 0 Å². The van der Waals surface area contributed by atoms with E-state index in [0.29, 0.717) is 24.2 Å². The van der Waals surface area contributed by atoms with E-state index in [0.717, 1.165) is 31.5 Å². The Balaban J connectivity index is 1.83. The van der Waals surface area contributed by atoms with Gasteiger partial charge < -0.3 is 14.8 Å². The zero-order valence-electron chi connectivity index (χ0n) is 11.4. The Bertz CT molecular complexity index is 524. The summed E-state index contributed by atoms with van der Waals surface area (Å²) in [5.41, 5.74) is 0.922. The first kappa shape index (κ1) is 13.4. The van der Waals surface area contributed by atoms with Crippen molar-refractivity contribution in [3.8, 4) is 5.75 Å². The van der Waals surface area contributed by atoms with Gasteiger partial charge in [-0.25, -0.2) is 9.18 Å². The largest absolute Gasteiger partial charge is 0.493 e. The average Bonchev–Trinajstić information content (AvgIpc) is 3.20. The van der Waals surface area contributed by atoms with Crippen molar-refractivity contribution >= 4 is 5.97 Å². The highest BCUT2D eigenvalue weighted by Gasteiger charge is 2.30. The lowest BCUT2D eigenvalue weighted by Crippen LogP contribution is -2.45. The van der Waals surface area contributed by atoms with Crippen LogP contribution in [0.2, 0.25) is 0 Å². The molecule has 5 heteroatoms. The van der Waals surface area contributed by atoms with Crippen LogP contribution in [0.15, 0.2) is 12.1 Å². The van der Waals surface area contributed by atoms with Gasteiger partial charge in [0.1, 0.15) is 11.6 Å². The number of benzene rings is 1. The number of carbonyl (C=O) groups is 1. The second-order valence-electron chi connectivity index (χ2n) is 5.47. The Morgan fingerprint density at radius 1 is 1.40 bits per heavy atom. The van der Waals surface area contributed by atoms with Gasteiger partial charge in [-0.1, -0.05) is 0 Å². The molecular formula is C15H18FNO3. The van der Waals surface area contributed by atoms with Crippen LogP contribution in [0.1, 0.15) is 34.7 Å². The molecule has 0 radical (unpaired) electrons. The van der Waals surface area contributed by atoms with Gasteiger partial charge in [0.15, 0.2) is 0 Å². The molecule has 1 aliphatic carbocycles. The Morgan fingerprint density at radius 2 is 2.15 bits per heavy atom. The quantitative estimate of drug-likeness (QED) is 0.838. The van der Waals surface area contributed by atoms with Crippen molar-refractivity contribution in [2.75, 3.05) is 26.8 Å². The molecule has 0 atom stereocenters. The molecule has 20 heavy (non-hydrogen) atoms. The van der Waals surface area contributed by atoms with Crippen LogP contribution >= 0.6 is 0 Å². The lowest BCUT2D eigenvalue weighted by molar-refractivity contribution is 0.0595. The van der Waals surface area contributed by atoms with Crippen molar-refractivity contribution in [1.82, 2.24) is 5.32 Å². The minimum absolute atomic E-state index is 0.00735. The van der Waals surface area contributed by atoms with Crippen molar-refractivity contribution < 1.29 is 18.7 Å². The summed E-state index contributed by atoms with van der Waals surface area (Å²) in [4.78, 5) is 11.6. The van der Waals surface area contributed by atoms with E-state index in [9.17, 15) is 9.18 Å². The fraction of sp³-hybridized carbons (Fsp3) is 0.533. The van der Waals surface area contributed by atoms with E-state index in [2.05, 4.69) is 10.1 Å².